The molecule has 1 amide bonds. The molecular formula is C24H25N3O3S. The number of carbonyl (C=O) groups is 1. The molecule has 0 fully saturated rings. The van der Waals surface area contributed by atoms with Crippen molar-refractivity contribution < 1.29 is 13.2 Å². The predicted molar refractivity (Wildman–Crippen MR) is 122 cm³/mol. The van der Waals surface area contributed by atoms with Crippen LogP contribution < -0.4 is 11.1 Å². The van der Waals surface area contributed by atoms with Crippen LogP contribution in [0.2, 0.25) is 0 Å². The number of nitrogen functional groups attached to an aromatic ring is 1. The number of amides is 1. The van der Waals surface area contributed by atoms with E-state index in [0.29, 0.717) is 34.8 Å². The van der Waals surface area contributed by atoms with E-state index in [4.69, 9.17) is 5.73 Å². The summed E-state index contributed by atoms with van der Waals surface area (Å²) in [6, 6.07) is 20.8. The van der Waals surface area contributed by atoms with Crippen molar-refractivity contribution in [2.45, 2.75) is 30.7 Å². The third-order valence-corrected chi connectivity index (χ3v) is 7.67. The quantitative estimate of drug-likeness (QED) is 0.567. The van der Waals surface area contributed by atoms with Crippen LogP contribution in [0.1, 0.15) is 40.9 Å². The van der Waals surface area contributed by atoms with Gasteiger partial charge in [0.15, 0.2) is 0 Å². The van der Waals surface area contributed by atoms with Crippen molar-refractivity contribution in [2.24, 2.45) is 0 Å². The molecule has 4 rings (SSSR count). The molecule has 0 radical (unpaired) electrons. The second kappa shape index (κ2) is 8.53. The van der Waals surface area contributed by atoms with Gasteiger partial charge in [0.1, 0.15) is 0 Å². The number of aryl methyl sites for hydroxylation is 1. The van der Waals surface area contributed by atoms with E-state index in [1.807, 2.05) is 31.2 Å². The highest BCUT2D eigenvalue weighted by molar-refractivity contribution is 7.89. The standard InChI is InChI=1S/C24H25N3O3S/c1-2-27(31(29,30)19-8-4-3-5-9-19)23-15-13-17-16-18(12-14-20(17)23)24(28)26-22-11-7-6-10-21(22)25/h3-12,14,16,23H,2,13,15,25H2,1H3,(H,26,28). The number of anilines is 2. The first-order chi connectivity index (χ1) is 14.9. The maximum absolute atomic E-state index is 13.2. The molecule has 1 aliphatic carbocycles. The highest BCUT2D eigenvalue weighted by Crippen LogP contribution is 2.39. The van der Waals surface area contributed by atoms with Gasteiger partial charge in [0.2, 0.25) is 10.0 Å². The minimum absolute atomic E-state index is 0.242. The van der Waals surface area contributed by atoms with Crippen molar-refractivity contribution in [2.75, 3.05) is 17.6 Å². The van der Waals surface area contributed by atoms with E-state index in [9.17, 15) is 13.2 Å². The number of nitrogens with two attached hydrogens (primary N) is 1. The van der Waals surface area contributed by atoms with E-state index in [1.165, 1.54) is 0 Å². The Kier molecular flexibility index (Phi) is 5.80. The summed E-state index contributed by atoms with van der Waals surface area (Å²) in [5.74, 6) is -0.242. The first-order valence-corrected chi connectivity index (χ1v) is 11.7. The van der Waals surface area contributed by atoms with Gasteiger partial charge < -0.3 is 11.1 Å². The average molecular weight is 436 g/mol. The first-order valence-electron chi connectivity index (χ1n) is 10.3. The second-order valence-corrected chi connectivity index (χ2v) is 9.42. The van der Waals surface area contributed by atoms with Crippen molar-refractivity contribution in [1.82, 2.24) is 4.31 Å². The van der Waals surface area contributed by atoms with Gasteiger partial charge in [-0.05, 0) is 60.4 Å². The lowest BCUT2D eigenvalue weighted by Gasteiger charge is -2.27. The summed E-state index contributed by atoms with van der Waals surface area (Å²) < 4.78 is 28.0. The van der Waals surface area contributed by atoms with E-state index in [-0.39, 0.29) is 11.9 Å². The van der Waals surface area contributed by atoms with Crippen LogP contribution in [0.3, 0.4) is 0 Å². The van der Waals surface area contributed by atoms with Crippen molar-refractivity contribution in [3.05, 3.63) is 89.5 Å². The minimum Gasteiger partial charge on any atom is -0.397 e. The molecule has 0 bridgehead atoms. The van der Waals surface area contributed by atoms with Crippen LogP contribution in [0.25, 0.3) is 0 Å². The summed E-state index contributed by atoms with van der Waals surface area (Å²) in [6.07, 6.45) is 1.40. The number of para-hydroxylation sites is 2. The van der Waals surface area contributed by atoms with E-state index in [0.717, 1.165) is 17.5 Å². The monoisotopic (exact) mass is 435 g/mol. The Morgan fingerprint density at radius 3 is 2.48 bits per heavy atom. The zero-order valence-electron chi connectivity index (χ0n) is 17.3. The fraction of sp³-hybridized carbons (Fsp3) is 0.208. The van der Waals surface area contributed by atoms with Gasteiger partial charge >= 0.3 is 0 Å². The van der Waals surface area contributed by atoms with E-state index >= 15 is 0 Å². The molecule has 3 aromatic rings. The predicted octanol–water partition coefficient (Wildman–Crippen LogP) is 4.22. The zero-order valence-corrected chi connectivity index (χ0v) is 18.1. The Bertz CT molecular complexity index is 1210. The van der Waals surface area contributed by atoms with Gasteiger partial charge in [-0.3, -0.25) is 4.79 Å². The molecule has 7 heteroatoms. The third-order valence-electron chi connectivity index (χ3n) is 5.67. The fourth-order valence-corrected chi connectivity index (χ4v) is 5.79. The number of rotatable bonds is 6. The number of benzene rings is 3. The molecule has 0 spiro atoms. The summed E-state index contributed by atoms with van der Waals surface area (Å²) in [5.41, 5.74) is 9.46. The average Bonchev–Trinajstić information content (AvgIpc) is 3.19. The molecule has 1 unspecified atom stereocenters. The maximum Gasteiger partial charge on any atom is 0.255 e. The maximum atomic E-state index is 13.2. The number of nitrogens with zero attached hydrogens (tertiary/aromatic N) is 1. The molecule has 1 atom stereocenters. The Hall–Kier alpha value is -3.16. The Morgan fingerprint density at radius 1 is 1.06 bits per heavy atom. The minimum atomic E-state index is -3.61. The van der Waals surface area contributed by atoms with Crippen molar-refractivity contribution in [1.29, 1.82) is 0 Å². The second-order valence-electron chi connectivity index (χ2n) is 7.53. The van der Waals surface area contributed by atoms with Crippen molar-refractivity contribution >= 4 is 27.3 Å². The molecule has 0 aromatic heterocycles. The molecule has 0 heterocycles. The van der Waals surface area contributed by atoms with Crippen molar-refractivity contribution in [3.63, 3.8) is 0 Å². The largest absolute Gasteiger partial charge is 0.397 e. The number of carbonyl (C=O) groups excluding carboxylic acids is 1. The molecule has 6 nitrogen and oxygen atoms in total. The first kappa shape index (κ1) is 21.1. The summed E-state index contributed by atoms with van der Waals surface area (Å²) in [6.45, 7) is 2.22. The Morgan fingerprint density at radius 2 is 1.77 bits per heavy atom. The molecule has 0 saturated heterocycles. The van der Waals surface area contributed by atoms with Crippen LogP contribution in [0, 0.1) is 0 Å². The van der Waals surface area contributed by atoms with E-state index in [2.05, 4.69) is 5.32 Å². The van der Waals surface area contributed by atoms with Gasteiger partial charge in [-0.25, -0.2) is 8.42 Å². The summed E-state index contributed by atoms with van der Waals surface area (Å²) >= 11 is 0. The summed E-state index contributed by atoms with van der Waals surface area (Å²) in [7, 11) is -3.61. The van der Waals surface area contributed by atoms with Crippen LogP contribution in [0.5, 0.6) is 0 Å². The Balaban J connectivity index is 1.59. The normalized spacial score (nSPS) is 15.6. The Labute approximate surface area is 182 Å². The number of hydrogen-bond donors (Lipinski definition) is 2. The summed E-state index contributed by atoms with van der Waals surface area (Å²) in [4.78, 5) is 13.0. The lowest BCUT2D eigenvalue weighted by molar-refractivity contribution is 0.102. The molecule has 0 saturated carbocycles. The van der Waals surface area contributed by atoms with Crippen LogP contribution in [-0.2, 0) is 16.4 Å². The third kappa shape index (κ3) is 4.06. The lowest BCUT2D eigenvalue weighted by atomic mass is 10.0. The molecule has 31 heavy (non-hydrogen) atoms. The smallest absolute Gasteiger partial charge is 0.255 e. The van der Waals surface area contributed by atoms with Gasteiger partial charge in [0.05, 0.1) is 22.3 Å². The fourth-order valence-electron chi connectivity index (χ4n) is 4.13. The molecule has 0 aliphatic heterocycles. The van der Waals surface area contributed by atoms with Gasteiger partial charge in [-0.1, -0.05) is 43.3 Å². The van der Waals surface area contributed by atoms with Gasteiger partial charge in [-0.15, -0.1) is 0 Å². The van der Waals surface area contributed by atoms with Gasteiger partial charge in [0.25, 0.3) is 5.91 Å². The molecule has 3 N–H and O–H groups in total. The molecule has 3 aromatic carbocycles. The highest BCUT2D eigenvalue weighted by atomic mass is 32.2. The lowest BCUT2D eigenvalue weighted by Crippen LogP contribution is -2.33. The SMILES string of the molecule is CCN(C1CCc2cc(C(=O)Nc3ccccc3N)ccc21)S(=O)(=O)c1ccccc1. The van der Waals surface area contributed by atoms with E-state index < -0.39 is 10.0 Å². The number of hydrogen-bond acceptors (Lipinski definition) is 4. The van der Waals surface area contributed by atoms with Crippen LogP contribution in [0.15, 0.2) is 77.7 Å². The van der Waals surface area contributed by atoms with Gasteiger partial charge in [-0.2, -0.15) is 4.31 Å². The van der Waals surface area contributed by atoms with Crippen LogP contribution in [0.4, 0.5) is 11.4 Å². The van der Waals surface area contributed by atoms with Crippen molar-refractivity contribution in [3.8, 4) is 0 Å². The molecular weight excluding hydrogens is 410 g/mol. The highest BCUT2D eigenvalue weighted by Gasteiger charge is 2.35. The number of sulfonamides is 1. The van der Waals surface area contributed by atoms with Crippen LogP contribution >= 0.6 is 0 Å². The topological polar surface area (TPSA) is 92.5 Å². The van der Waals surface area contributed by atoms with Crippen LogP contribution in [-0.4, -0.2) is 25.2 Å². The number of nitrogens with one attached hydrogen (secondary N) is 1. The zero-order chi connectivity index (χ0) is 22.0. The molecule has 1 aliphatic rings. The van der Waals surface area contributed by atoms with Gasteiger partial charge in [0, 0.05) is 12.1 Å². The molecule has 160 valence electrons. The summed E-state index contributed by atoms with van der Waals surface area (Å²) in [5, 5.41) is 2.84. The van der Waals surface area contributed by atoms with E-state index in [1.54, 1.807) is 52.8 Å². The number of fused-ring (bicyclic) bond motifs is 1.